The zero-order valence-corrected chi connectivity index (χ0v) is 14.2. The van der Waals surface area contributed by atoms with Crippen LogP contribution in [0.15, 0.2) is 17.6 Å². The van der Waals surface area contributed by atoms with E-state index >= 15 is 0 Å². The van der Waals surface area contributed by atoms with Gasteiger partial charge in [0, 0.05) is 35.8 Å². The first-order valence-corrected chi connectivity index (χ1v) is 8.84. The number of rotatable bonds is 4. The van der Waals surface area contributed by atoms with Crippen molar-refractivity contribution in [2.75, 3.05) is 23.3 Å². The molecular weight excluding hydrogens is 308 g/mol. The summed E-state index contributed by atoms with van der Waals surface area (Å²) in [4.78, 5) is 11.7. The second kappa shape index (κ2) is 5.81. The lowest BCUT2D eigenvalue weighted by Gasteiger charge is -2.13. The van der Waals surface area contributed by atoms with Crippen LogP contribution in [0.5, 0.6) is 0 Å². The van der Waals surface area contributed by atoms with E-state index in [-0.39, 0.29) is 0 Å². The summed E-state index contributed by atoms with van der Waals surface area (Å²) in [6.45, 7) is 7.07. The van der Waals surface area contributed by atoms with Crippen LogP contribution in [0, 0.1) is 13.8 Å². The van der Waals surface area contributed by atoms with Gasteiger partial charge in [0.25, 0.3) is 0 Å². The van der Waals surface area contributed by atoms with E-state index in [0.717, 1.165) is 46.6 Å². The Labute approximate surface area is 139 Å². The lowest BCUT2D eigenvalue weighted by atomic mass is 10.2. The fraction of sp³-hybridized carbons (Fsp3) is 0.438. The predicted molar refractivity (Wildman–Crippen MR) is 93.3 cm³/mol. The van der Waals surface area contributed by atoms with Gasteiger partial charge < -0.3 is 10.2 Å². The standard InChI is InChI=1S/C16H20N6S/c1-11-12(2)19-14-5-6-18-22(14)15(11)17-9-13-10-23-16(20-13)21-7-3-4-8-21/h5-6,10,17H,3-4,7-9H2,1-2H3. The first kappa shape index (κ1) is 14.4. The summed E-state index contributed by atoms with van der Waals surface area (Å²) < 4.78 is 1.86. The summed E-state index contributed by atoms with van der Waals surface area (Å²) in [6, 6.07) is 1.92. The first-order chi connectivity index (χ1) is 11.2. The summed E-state index contributed by atoms with van der Waals surface area (Å²) in [5, 5.41) is 11.1. The van der Waals surface area contributed by atoms with Crippen LogP contribution in [0.2, 0.25) is 0 Å². The molecule has 0 atom stereocenters. The fourth-order valence-electron chi connectivity index (χ4n) is 2.95. The normalized spacial score (nSPS) is 14.8. The molecule has 0 radical (unpaired) electrons. The van der Waals surface area contributed by atoms with Gasteiger partial charge in [-0.3, -0.25) is 0 Å². The maximum atomic E-state index is 4.76. The Morgan fingerprint density at radius 2 is 2.04 bits per heavy atom. The minimum atomic E-state index is 0.698. The number of fused-ring (bicyclic) bond motifs is 1. The van der Waals surface area contributed by atoms with Crippen molar-refractivity contribution in [2.24, 2.45) is 0 Å². The number of aryl methyl sites for hydroxylation is 1. The molecule has 3 aromatic heterocycles. The van der Waals surface area contributed by atoms with Gasteiger partial charge >= 0.3 is 0 Å². The van der Waals surface area contributed by atoms with E-state index in [9.17, 15) is 0 Å². The van der Waals surface area contributed by atoms with Gasteiger partial charge in [0.05, 0.1) is 18.4 Å². The number of aromatic nitrogens is 4. The number of nitrogens with one attached hydrogen (secondary N) is 1. The Kier molecular flexibility index (Phi) is 3.65. The van der Waals surface area contributed by atoms with E-state index in [1.54, 1.807) is 17.5 Å². The van der Waals surface area contributed by atoms with Crippen molar-refractivity contribution in [3.63, 3.8) is 0 Å². The fourth-order valence-corrected chi connectivity index (χ4v) is 3.83. The molecule has 1 aliphatic rings. The third-order valence-electron chi connectivity index (χ3n) is 4.37. The Morgan fingerprint density at radius 3 is 2.87 bits per heavy atom. The largest absolute Gasteiger partial charge is 0.364 e. The molecule has 0 aromatic carbocycles. The van der Waals surface area contributed by atoms with Crippen LogP contribution in [0.3, 0.4) is 0 Å². The van der Waals surface area contributed by atoms with Gasteiger partial charge in [-0.05, 0) is 26.7 Å². The zero-order valence-electron chi connectivity index (χ0n) is 13.4. The maximum absolute atomic E-state index is 4.76. The molecule has 0 bridgehead atoms. The molecule has 4 rings (SSSR count). The lowest BCUT2D eigenvalue weighted by molar-refractivity contribution is 0.895. The molecule has 7 heteroatoms. The predicted octanol–water partition coefficient (Wildman–Crippen LogP) is 3.01. The highest BCUT2D eigenvalue weighted by Gasteiger charge is 2.16. The van der Waals surface area contributed by atoms with Gasteiger partial charge in [0.15, 0.2) is 10.8 Å². The Hall–Kier alpha value is -2.15. The van der Waals surface area contributed by atoms with Gasteiger partial charge in [0.2, 0.25) is 0 Å². The van der Waals surface area contributed by atoms with E-state index in [0.29, 0.717) is 6.54 Å². The molecule has 1 N–H and O–H groups in total. The second-order valence-electron chi connectivity index (χ2n) is 5.94. The Morgan fingerprint density at radius 1 is 1.22 bits per heavy atom. The highest BCUT2D eigenvalue weighted by Crippen LogP contribution is 2.25. The minimum Gasteiger partial charge on any atom is -0.364 e. The molecule has 0 spiro atoms. The molecular formula is C16H20N6S. The number of anilines is 2. The highest BCUT2D eigenvalue weighted by molar-refractivity contribution is 7.13. The molecule has 0 amide bonds. The smallest absolute Gasteiger partial charge is 0.185 e. The molecule has 1 aliphatic heterocycles. The molecule has 6 nitrogen and oxygen atoms in total. The molecule has 0 unspecified atom stereocenters. The van der Waals surface area contributed by atoms with E-state index < -0.39 is 0 Å². The average Bonchev–Trinajstić information content (AvgIpc) is 3.28. The van der Waals surface area contributed by atoms with Crippen LogP contribution in [0.4, 0.5) is 10.9 Å². The van der Waals surface area contributed by atoms with Crippen molar-refractivity contribution >= 4 is 27.9 Å². The Bertz CT molecular complexity index is 830. The van der Waals surface area contributed by atoms with Crippen LogP contribution >= 0.6 is 11.3 Å². The highest BCUT2D eigenvalue weighted by atomic mass is 32.1. The van der Waals surface area contributed by atoms with Gasteiger partial charge in [0.1, 0.15) is 5.82 Å². The zero-order chi connectivity index (χ0) is 15.8. The van der Waals surface area contributed by atoms with Crippen molar-refractivity contribution < 1.29 is 0 Å². The maximum Gasteiger partial charge on any atom is 0.185 e. The summed E-state index contributed by atoms with van der Waals surface area (Å²) in [6.07, 6.45) is 4.33. The summed E-state index contributed by atoms with van der Waals surface area (Å²) in [5.41, 5.74) is 4.09. The topological polar surface area (TPSA) is 58.4 Å². The van der Waals surface area contributed by atoms with Gasteiger partial charge in [-0.15, -0.1) is 11.3 Å². The Balaban J connectivity index is 1.55. The van der Waals surface area contributed by atoms with Crippen LogP contribution < -0.4 is 10.2 Å². The average molecular weight is 328 g/mol. The van der Waals surface area contributed by atoms with Crippen molar-refractivity contribution in [3.05, 3.63) is 34.6 Å². The summed E-state index contributed by atoms with van der Waals surface area (Å²) >= 11 is 1.73. The third-order valence-corrected chi connectivity index (χ3v) is 5.32. The minimum absolute atomic E-state index is 0.698. The SMILES string of the molecule is Cc1nc2ccnn2c(NCc2csc(N3CCCC3)n2)c1C. The molecule has 4 heterocycles. The molecule has 0 saturated carbocycles. The van der Waals surface area contributed by atoms with E-state index in [1.165, 1.54) is 12.8 Å². The van der Waals surface area contributed by atoms with E-state index in [1.807, 2.05) is 17.5 Å². The number of nitrogens with zero attached hydrogens (tertiary/aromatic N) is 5. The van der Waals surface area contributed by atoms with Gasteiger partial charge in [-0.1, -0.05) is 0 Å². The van der Waals surface area contributed by atoms with E-state index in [2.05, 4.69) is 32.6 Å². The van der Waals surface area contributed by atoms with Crippen LogP contribution in [0.1, 0.15) is 29.8 Å². The third kappa shape index (κ3) is 2.65. The summed E-state index contributed by atoms with van der Waals surface area (Å²) in [7, 11) is 0. The monoisotopic (exact) mass is 328 g/mol. The first-order valence-electron chi connectivity index (χ1n) is 7.96. The molecule has 1 fully saturated rings. The van der Waals surface area contributed by atoms with Crippen molar-refractivity contribution in [1.29, 1.82) is 0 Å². The number of hydrogen-bond donors (Lipinski definition) is 1. The lowest BCUT2D eigenvalue weighted by Crippen LogP contribution is -2.17. The molecule has 1 saturated heterocycles. The second-order valence-corrected chi connectivity index (χ2v) is 6.78. The molecule has 23 heavy (non-hydrogen) atoms. The van der Waals surface area contributed by atoms with Crippen molar-refractivity contribution in [1.82, 2.24) is 19.6 Å². The van der Waals surface area contributed by atoms with Gasteiger partial charge in [-0.2, -0.15) is 9.61 Å². The molecule has 0 aliphatic carbocycles. The van der Waals surface area contributed by atoms with E-state index in [4.69, 9.17) is 4.98 Å². The summed E-state index contributed by atoms with van der Waals surface area (Å²) in [5.74, 6) is 0.994. The molecule has 3 aromatic rings. The van der Waals surface area contributed by atoms with Crippen LogP contribution in [0.25, 0.3) is 5.65 Å². The van der Waals surface area contributed by atoms with Gasteiger partial charge in [-0.25, -0.2) is 9.97 Å². The van der Waals surface area contributed by atoms with Crippen molar-refractivity contribution in [3.8, 4) is 0 Å². The molecule has 120 valence electrons. The quantitative estimate of drug-likeness (QED) is 0.798. The number of hydrogen-bond acceptors (Lipinski definition) is 6. The van der Waals surface area contributed by atoms with Crippen molar-refractivity contribution in [2.45, 2.75) is 33.2 Å². The number of thiazole rings is 1. The van der Waals surface area contributed by atoms with Crippen LogP contribution in [-0.2, 0) is 6.54 Å². The van der Waals surface area contributed by atoms with Crippen LogP contribution in [-0.4, -0.2) is 32.7 Å².